The van der Waals surface area contributed by atoms with Crippen molar-refractivity contribution in [3.05, 3.63) is 65.7 Å². The molecule has 116 valence electrons. The van der Waals surface area contributed by atoms with Gasteiger partial charge in [0.1, 0.15) is 5.75 Å². The van der Waals surface area contributed by atoms with E-state index < -0.39 is 0 Å². The minimum Gasteiger partial charge on any atom is -0.496 e. The molecule has 0 bridgehead atoms. The van der Waals surface area contributed by atoms with Crippen molar-refractivity contribution in [1.82, 2.24) is 10.2 Å². The third-order valence-corrected chi connectivity index (χ3v) is 3.54. The van der Waals surface area contributed by atoms with Crippen molar-refractivity contribution in [2.75, 3.05) is 20.7 Å². The molecular formula is C18H22N2O2. The van der Waals surface area contributed by atoms with Gasteiger partial charge in [-0.1, -0.05) is 48.5 Å². The van der Waals surface area contributed by atoms with Gasteiger partial charge in [0.2, 0.25) is 0 Å². The summed E-state index contributed by atoms with van der Waals surface area (Å²) in [6.45, 7) is 1.18. The van der Waals surface area contributed by atoms with Crippen molar-refractivity contribution in [2.45, 2.75) is 13.0 Å². The summed E-state index contributed by atoms with van der Waals surface area (Å²) in [6, 6.07) is 17.7. The minimum absolute atomic E-state index is 0.0706. The first-order chi connectivity index (χ1) is 10.7. The largest absolute Gasteiger partial charge is 0.496 e. The lowest BCUT2D eigenvalue weighted by molar-refractivity contribution is 0.208. The van der Waals surface area contributed by atoms with E-state index in [9.17, 15) is 4.79 Å². The Balaban J connectivity index is 1.81. The molecule has 0 aromatic heterocycles. The summed E-state index contributed by atoms with van der Waals surface area (Å²) < 4.78 is 5.32. The number of likely N-dealkylation sites (N-methyl/N-ethyl adjacent to an activating group) is 1. The SMILES string of the molecule is COc1ccccc1CCN(C)C(=O)NCc1ccccc1. The van der Waals surface area contributed by atoms with Gasteiger partial charge in [0.05, 0.1) is 7.11 Å². The molecule has 0 spiro atoms. The van der Waals surface area contributed by atoms with E-state index in [4.69, 9.17) is 4.74 Å². The van der Waals surface area contributed by atoms with Gasteiger partial charge in [0, 0.05) is 20.1 Å². The number of para-hydroxylation sites is 1. The van der Waals surface area contributed by atoms with Crippen LogP contribution in [0.3, 0.4) is 0 Å². The van der Waals surface area contributed by atoms with E-state index in [0.717, 1.165) is 23.3 Å². The third kappa shape index (κ3) is 4.52. The smallest absolute Gasteiger partial charge is 0.317 e. The van der Waals surface area contributed by atoms with E-state index >= 15 is 0 Å². The van der Waals surface area contributed by atoms with Gasteiger partial charge in [-0.05, 0) is 23.6 Å². The van der Waals surface area contributed by atoms with Crippen LogP contribution < -0.4 is 10.1 Å². The van der Waals surface area contributed by atoms with Crippen LogP contribution in [0.15, 0.2) is 54.6 Å². The van der Waals surface area contributed by atoms with Gasteiger partial charge in [0.25, 0.3) is 0 Å². The molecule has 2 aromatic rings. The lowest BCUT2D eigenvalue weighted by atomic mass is 10.1. The molecule has 2 rings (SSSR count). The maximum absolute atomic E-state index is 12.1. The zero-order chi connectivity index (χ0) is 15.8. The van der Waals surface area contributed by atoms with E-state index in [1.54, 1.807) is 19.1 Å². The molecule has 0 unspecified atom stereocenters. The maximum Gasteiger partial charge on any atom is 0.317 e. The minimum atomic E-state index is -0.0706. The standard InChI is InChI=1S/C18H22N2O2/c1-20(13-12-16-10-6-7-11-17(16)22-2)18(21)19-14-15-8-4-3-5-9-15/h3-11H,12-14H2,1-2H3,(H,19,21). The van der Waals surface area contributed by atoms with Crippen LogP contribution >= 0.6 is 0 Å². The highest BCUT2D eigenvalue weighted by molar-refractivity contribution is 5.73. The van der Waals surface area contributed by atoms with E-state index in [0.29, 0.717) is 13.1 Å². The number of carbonyl (C=O) groups is 1. The van der Waals surface area contributed by atoms with Gasteiger partial charge >= 0.3 is 6.03 Å². The number of methoxy groups -OCH3 is 1. The summed E-state index contributed by atoms with van der Waals surface area (Å²) in [5.74, 6) is 0.862. The van der Waals surface area contributed by atoms with Crippen LogP contribution in [0, 0.1) is 0 Å². The highest BCUT2D eigenvalue weighted by Gasteiger charge is 2.09. The van der Waals surface area contributed by atoms with E-state index in [-0.39, 0.29) is 6.03 Å². The van der Waals surface area contributed by atoms with Crippen LogP contribution in [0.2, 0.25) is 0 Å². The van der Waals surface area contributed by atoms with Gasteiger partial charge in [0.15, 0.2) is 0 Å². The van der Waals surface area contributed by atoms with Gasteiger partial charge in [-0.2, -0.15) is 0 Å². The Morgan fingerprint density at radius 2 is 1.77 bits per heavy atom. The second-order valence-electron chi connectivity index (χ2n) is 5.13. The molecule has 0 aliphatic heterocycles. The second-order valence-corrected chi connectivity index (χ2v) is 5.13. The molecule has 0 saturated heterocycles. The maximum atomic E-state index is 12.1. The summed E-state index contributed by atoms with van der Waals surface area (Å²) in [4.78, 5) is 13.8. The van der Waals surface area contributed by atoms with Gasteiger partial charge in [-0.25, -0.2) is 4.79 Å². The zero-order valence-electron chi connectivity index (χ0n) is 13.1. The summed E-state index contributed by atoms with van der Waals surface area (Å²) in [5.41, 5.74) is 2.20. The van der Waals surface area contributed by atoms with Gasteiger partial charge in [-0.15, -0.1) is 0 Å². The summed E-state index contributed by atoms with van der Waals surface area (Å²) in [5, 5.41) is 2.92. The summed E-state index contributed by atoms with van der Waals surface area (Å²) in [7, 11) is 3.46. The van der Waals surface area contributed by atoms with Crippen LogP contribution in [0.25, 0.3) is 0 Å². The number of urea groups is 1. The Bertz CT molecular complexity index is 599. The zero-order valence-corrected chi connectivity index (χ0v) is 13.1. The molecule has 1 N–H and O–H groups in total. The lowest BCUT2D eigenvalue weighted by Gasteiger charge is -2.18. The quantitative estimate of drug-likeness (QED) is 0.890. The molecule has 0 fully saturated rings. The van der Waals surface area contributed by atoms with Crippen LogP contribution in [-0.4, -0.2) is 31.6 Å². The Morgan fingerprint density at radius 1 is 1.09 bits per heavy atom. The Morgan fingerprint density at radius 3 is 2.50 bits per heavy atom. The predicted molar refractivity (Wildman–Crippen MR) is 88.0 cm³/mol. The van der Waals surface area contributed by atoms with Gasteiger partial charge in [-0.3, -0.25) is 0 Å². The number of carbonyl (C=O) groups excluding carboxylic acids is 1. The molecule has 4 heteroatoms. The monoisotopic (exact) mass is 298 g/mol. The fourth-order valence-electron chi connectivity index (χ4n) is 2.21. The first-order valence-corrected chi connectivity index (χ1v) is 7.35. The number of amides is 2. The molecule has 2 amide bonds. The number of hydrogen-bond acceptors (Lipinski definition) is 2. The van der Waals surface area contributed by atoms with Crippen LogP contribution in [0.5, 0.6) is 5.75 Å². The fourth-order valence-corrected chi connectivity index (χ4v) is 2.21. The van der Waals surface area contributed by atoms with Gasteiger partial charge < -0.3 is 15.0 Å². The Labute approximate surface area is 131 Å². The fraction of sp³-hybridized carbons (Fsp3) is 0.278. The van der Waals surface area contributed by atoms with Crippen LogP contribution in [0.1, 0.15) is 11.1 Å². The van der Waals surface area contributed by atoms with Crippen molar-refractivity contribution in [2.24, 2.45) is 0 Å². The highest BCUT2D eigenvalue weighted by Crippen LogP contribution is 2.17. The Kier molecular flexibility index (Phi) is 5.83. The normalized spacial score (nSPS) is 10.1. The summed E-state index contributed by atoms with van der Waals surface area (Å²) in [6.07, 6.45) is 0.763. The molecule has 2 aromatic carbocycles. The second kappa shape index (κ2) is 8.08. The van der Waals surface area contributed by atoms with Crippen LogP contribution in [-0.2, 0) is 13.0 Å². The number of rotatable bonds is 6. The van der Waals surface area contributed by atoms with Crippen LogP contribution in [0.4, 0.5) is 4.79 Å². The molecule has 0 atom stereocenters. The summed E-state index contributed by atoms with van der Waals surface area (Å²) >= 11 is 0. The number of benzene rings is 2. The average molecular weight is 298 g/mol. The number of nitrogens with zero attached hydrogens (tertiary/aromatic N) is 1. The lowest BCUT2D eigenvalue weighted by Crippen LogP contribution is -2.38. The first-order valence-electron chi connectivity index (χ1n) is 7.35. The molecule has 0 saturated carbocycles. The van der Waals surface area contributed by atoms with E-state index in [2.05, 4.69) is 5.32 Å². The highest BCUT2D eigenvalue weighted by atomic mass is 16.5. The van der Waals surface area contributed by atoms with Crippen molar-refractivity contribution < 1.29 is 9.53 Å². The first kappa shape index (κ1) is 15.9. The molecule has 0 radical (unpaired) electrons. The molecule has 22 heavy (non-hydrogen) atoms. The molecule has 0 heterocycles. The number of ether oxygens (including phenoxy) is 1. The van der Waals surface area contributed by atoms with Crippen molar-refractivity contribution in [1.29, 1.82) is 0 Å². The topological polar surface area (TPSA) is 41.6 Å². The molecule has 0 aliphatic rings. The molecular weight excluding hydrogens is 276 g/mol. The number of nitrogens with one attached hydrogen (secondary N) is 1. The van der Waals surface area contributed by atoms with E-state index in [1.165, 1.54) is 0 Å². The molecule has 4 nitrogen and oxygen atoms in total. The Hall–Kier alpha value is -2.49. The van der Waals surface area contributed by atoms with Crippen molar-refractivity contribution >= 4 is 6.03 Å². The third-order valence-electron chi connectivity index (χ3n) is 3.54. The van der Waals surface area contributed by atoms with Crippen molar-refractivity contribution in [3.8, 4) is 5.75 Å². The average Bonchev–Trinajstić information content (AvgIpc) is 2.58. The van der Waals surface area contributed by atoms with Crippen molar-refractivity contribution in [3.63, 3.8) is 0 Å². The molecule has 0 aliphatic carbocycles. The predicted octanol–water partition coefficient (Wildman–Crippen LogP) is 3.08. The van der Waals surface area contributed by atoms with E-state index in [1.807, 2.05) is 54.6 Å². The number of hydrogen-bond donors (Lipinski definition) is 1.